The molecule has 0 aromatic heterocycles. The van der Waals surface area contributed by atoms with Crippen molar-refractivity contribution in [2.24, 2.45) is 11.5 Å². The Morgan fingerprint density at radius 2 is 1.85 bits per heavy atom. The molecule has 0 aliphatic carbocycles. The maximum atomic E-state index is 12.0. The molecule has 1 aliphatic heterocycles. The molecule has 1 amide bonds. The first kappa shape index (κ1) is 15.0. The summed E-state index contributed by atoms with van der Waals surface area (Å²) in [4.78, 5) is 13.8. The van der Waals surface area contributed by atoms with Gasteiger partial charge in [-0.05, 0) is 23.0 Å². The number of nitrogens with zero attached hydrogens (tertiary/aromatic N) is 1. The third kappa shape index (κ3) is 3.38. The first-order valence-electron chi connectivity index (χ1n) is 7.17. The van der Waals surface area contributed by atoms with Crippen molar-refractivity contribution >= 4 is 5.91 Å². The Balaban J connectivity index is 1.94. The quantitative estimate of drug-likeness (QED) is 0.865. The van der Waals surface area contributed by atoms with E-state index in [-0.39, 0.29) is 17.4 Å². The SMILES string of the molecule is CC(C)(C)c1ccc(CC(N)C(=O)N2CC(N)C2)cc1. The summed E-state index contributed by atoms with van der Waals surface area (Å²) >= 11 is 0. The molecule has 1 aromatic rings. The van der Waals surface area contributed by atoms with Crippen molar-refractivity contribution in [2.75, 3.05) is 13.1 Å². The summed E-state index contributed by atoms with van der Waals surface area (Å²) in [6, 6.07) is 8.02. The van der Waals surface area contributed by atoms with E-state index < -0.39 is 6.04 Å². The zero-order chi connectivity index (χ0) is 14.9. The molecule has 2 rings (SSSR count). The van der Waals surface area contributed by atoms with Gasteiger partial charge in [0.2, 0.25) is 5.91 Å². The lowest BCUT2D eigenvalue weighted by atomic mass is 9.86. The van der Waals surface area contributed by atoms with Crippen LogP contribution in [0.4, 0.5) is 0 Å². The van der Waals surface area contributed by atoms with Crippen LogP contribution in [0.5, 0.6) is 0 Å². The highest BCUT2D eigenvalue weighted by Crippen LogP contribution is 2.22. The van der Waals surface area contributed by atoms with Crippen molar-refractivity contribution in [2.45, 2.75) is 44.7 Å². The van der Waals surface area contributed by atoms with Crippen LogP contribution < -0.4 is 11.5 Å². The van der Waals surface area contributed by atoms with E-state index in [2.05, 4.69) is 45.0 Å². The molecule has 1 unspecified atom stereocenters. The second kappa shape index (κ2) is 5.54. The summed E-state index contributed by atoms with van der Waals surface area (Å²) in [5, 5.41) is 0. The number of carbonyl (C=O) groups excluding carboxylic acids is 1. The minimum atomic E-state index is -0.469. The Morgan fingerprint density at radius 3 is 2.30 bits per heavy atom. The fourth-order valence-electron chi connectivity index (χ4n) is 2.41. The highest BCUT2D eigenvalue weighted by atomic mass is 16.2. The number of hydrogen-bond donors (Lipinski definition) is 2. The number of hydrogen-bond acceptors (Lipinski definition) is 3. The van der Waals surface area contributed by atoms with Crippen LogP contribution >= 0.6 is 0 Å². The van der Waals surface area contributed by atoms with E-state index >= 15 is 0 Å². The van der Waals surface area contributed by atoms with Gasteiger partial charge in [-0.3, -0.25) is 4.79 Å². The van der Waals surface area contributed by atoms with Crippen molar-refractivity contribution in [1.82, 2.24) is 4.90 Å². The van der Waals surface area contributed by atoms with Crippen molar-refractivity contribution in [3.8, 4) is 0 Å². The van der Waals surface area contributed by atoms with Crippen LogP contribution in [-0.4, -0.2) is 36.0 Å². The number of benzene rings is 1. The van der Waals surface area contributed by atoms with Crippen LogP contribution in [-0.2, 0) is 16.6 Å². The Hall–Kier alpha value is -1.39. The van der Waals surface area contributed by atoms with Gasteiger partial charge < -0.3 is 16.4 Å². The molecule has 4 N–H and O–H groups in total. The molecule has 1 heterocycles. The lowest BCUT2D eigenvalue weighted by Crippen LogP contribution is -2.61. The van der Waals surface area contributed by atoms with Crippen LogP contribution in [0.15, 0.2) is 24.3 Å². The van der Waals surface area contributed by atoms with E-state index in [1.807, 2.05) is 0 Å². The molecule has 0 bridgehead atoms. The van der Waals surface area contributed by atoms with Crippen LogP contribution in [0.2, 0.25) is 0 Å². The predicted octanol–water partition coefficient (Wildman–Crippen LogP) is 1.02. The molecular weight excluding hydrogens is 250 g/mol. The van der Waals surface area contributed by atoms with Gasteiger partial charge in [-0.1, -0.05) is 45.0 Å². The van der Waals surface area contributed by atoms with Crippen LogP contribution in [0.3, 0.4) is 0 Å². The molecule has 1 fully saturated rings. The molecule has 1 saturated heterocycles. The third-order valence-electron chi connectivity index (χ3n) is 3.81. The standard InChI is InChI=1S/C16H25N3O/c1-16(2,3)12-6-4-11(5-7-12)8-14(18)15(20)19-9-13(17)10-19/h4-7,13-14H,8-10,17-18H2,1-3H3. The van der Waals surface area contributed by atoms with Gasteiger partial charge in [-0.15, -0.1) is 0 Å². The third-order valence-corrected chi connectivity index (χ3v) is 3.81. The average molecular weight is 275 g/mol. The molecule has 0 saturated carbocycles. The van der Waals surface area contributed by atoms with Crippen molar-refractivity contribution in [1.29, 1.82) is 0 Å². The maximum absolute atomic E-state index is 12.0. The molecule has 1 atom stereocenters. The number of likely N-dealkylation sites (tertiary alicyclic amines) is 1. The van der Waals surface area contributed by atoms with Gasteiger partial charge in [0.1, 0.15) is 0 Å². The topological polar surface area (TPSA) is 72.4 Å². The lowest BCUT2D eigenvalue weighted by Gasteiger charge is -2.38. The fraction of sp³-hybridized carbons (Fsp3) is 0.562. The summed E-state index contributed by atoms with van der Waals surface area (Å²) in [5.41, 5.74) is 14.2. The predicted molar refractivity (Wildman–Crippen MR) is 81.4 cm³/mol. The van der Waals surface area contributed by atoms with Crippen LogP contribution in [0.25, 0.3) is 0 Å². The Bertz CT molecular complexity index is 469. The van der Waals surface area contributed by atoms with E-state index in [0.717, 1.165) is 5.56 Å². The van der Waals surface area contributed by atoms with E-state index in [9.17, 15) is 4.79 Å². The minimum absolute atomic E-state index is 0.00611. The highest BCUT2D eigenvalue weighted by molar-refractivity contribution is 5.82. The maximum Gasteiger partial charge on any atom is 0.239 e. The number of rotatable bonds is 3. The highest BCUT2D eigenvalue weighted by Gasteiger charge is 2.30. The molecule has 0 spiro atoms. The van der Waals surface area contributed by atoms with E-state index in [1.54, 1.807) is 4.90 Å². The van der Waals surface area contributed by atoms with Crippen molar-refractivity contribution in [3.05, 3.63) is 35.4 Å². The second-order valence-corrected chi connectivity index (χ2v) is 6.76. The summed E-state index contributed by atoms with van der Waals surface area (Å²) in [6.45, 7) is 7.82. The van der Waals surface area contributed by atoms with E-state index in [0.29, 0.717) is 19.5 Å². The first-order valence-corrected chi connectivity index (χ1v) is 7.17. The summed E-state index contributed by atoms with van der Waals surface area (Å²) < 4.78 is 0. The van der Waals surface area contributed by atoms with Crippen LogP contribution in [0.1, 0.15) is 31.9 Å². The number of nitrogens with two attached hydrogens (primary N) is 2. The monoisotopic (exact) mass is 275 g/mol. The average Bonchev–Trinajstić information content (AvgIpc) is 2.33. The minimum Gasteiger partial charge on any atom is -0.338 e. The van der Waals surface area contributed by atoms with E-state index in [4.69, 9.17) is 11.5 Å². The Labute approximate surface area is 121 Å². The molecule has 110 valence electrons. The summed E-state index contributed by atoms with van der Waals surface area (Å²) in [5.74, 6) is 0.00611. The molecule has 1 aliphatic rings. The lowest BCUT2D eigenvalue weighted by molar-refractivity contribution is -0.136. The number of carbonyl (C=O) groups is 1. The van der Waals surface area contributed by atoms with Gasteiger partial charge >= 0.3 is 0 Å². The zero-order valence-electron chi connectivity index (χ0n) is 12.6. The molecular formula is C16H25N3O. The largest absolute Gasteiger partial charge is 0.338 e. The van der Waals surface area contributed by atoms with Gasteiger partial charge in [0.25, 0.3) is 0 Å². The second-order valence-electron chi connectivity index (χ2n) is 6.76. The number of amides is 1. The molecule has 4 nitrogen and oxygen atoms in total. The molecule has 20 heavy (non-hydrogen) atoms. The first-order chi connectivity index (χ1) is 9.27. The van der Waals surface area contributed by atoms with Crippen LogP contribution in [0, 0.1) is 0 Å². The fourth-order valence-corrected chi connectivity index (χ4v) is 2.41. The van der Waals surface area contributed by atoms with Crippen molar-refractivity contribution in [3.63, 3.8) is 0 Å². The summed E-state index contributed by atoms with van der Waals surface area (Å²) in [6.07, 6.45) is 0.578. The van der Waals surface area contributed by atoms with Gasteiger partial charge in [0, 0.05) is 19.1 Å². The van der Waals surface area contributed by atoms with E-state index in [1.165, 1.54) is 5.56 Å². The molecule has 4 heteroatoms. The van der Waals surface area contributed by atoms with Gasteiger partial charge in [0.15, 0.2) is 0 Å². The normalized spacial score (nSPS) is 17.8. The van der Waals surface area contributed by atoms with Crippen molar-refractivity contribution < 1.29 is 4.79 Å². The Kier molecular flexibility index (Phi) is 4.16. The van der Waals surface area contributed by atoms with Gasteiger partial charge in [0.05, 0.1) is 6.04 Å². The molecule has 0 radical (unpaired) electrons. The Morgan fingerprint density at radius 1 is 1.30 bits per heavy atom. The smallest absolute Gasteiger partial charge is 0.239 e. The van der Waals surface area contributed by atoms with Gasteiger partial charge in [-0.2, -0.15) is 0 Å². The zero-order valence-corrected chi connectivity index (χ0v) is 12.6. The molecule has 1 aromatic carbocycles. The van der Waals surface area contributed by atoms with Gasteiger partial charge in [-0.25, -0.2) is 0 Å². The summed E-state index contributed by atoms with van der Waals surface area (Å²) in [7, 11) is 0.